The van der Waals surface area contributed by atoms with Crippen molar-refractivity contribution < 1.29 is 51.3 Å². The molecule has 0 saturated heterocycles. The van der Waals surface area contributed by atoms with E-state index in [1.807, 2.05) is 6.07 Å². The van der Waals surface area contributed by atoms with E-state index in [9.17, 15) is 0 Å². The quantitative estimate of drug-likeness (QED) is 0.615. The van der Waals surface area contributed by atoms with Gasteiger partial charge in [0, 0.05) is 6.42 Å². The van der Waals surface area contributed by atoms with E-state index in [-0.39, 0.29) is 46.5 Å². The van der Waals surface area contributed by atoms with Crippen molar-refractivity contribution in [3.63, 3.8) is 0 Å². The number of rotatable bonds is 2. The number of hydrogen-bond acceptors (Lipinski definition) is 1. The third-order valence-corrected chi connectivity index (χ3v) is 3.79. The van der Waals surface area contributed by atoms with Crippen LogP contribution in [-0.4, -0.2) is 0 Å². The number of hydrogen-bond donors (Lipinski definition) is 0. The molecular weight excluding hydrogens is 374 g/mol. The predicted octanol–water partition coefficient (Wildman–Crippen LogP) is -0.608. The van der Waals surface area contributed by atoms with Crippen LogP contribution in [0.25, 0.3) is 0 Å². The van der Waals surface area contributed by atoms with Crippen LogP contribution in [0.1, 0.15) is 27.2 Å². The first-order valence-corrected chi connectivity index (χ1v) is 6.24. The second kappa shape index (κ2) is 9.40. The first-order chi connectivity index (χ1) is 8.00. The van der Waals surface area contributed by atoms with Crippen LogP contribution >= 0.6 is 23.2 Å². The zero-order valence-corrected chi connectivity index (χ0v) is 15.9. The molecule has 0 saturated carbocycles. The van der Waals surface area contributed by atoms with E-state index in [0.29, 0.717) is 15.8 Å². The summed E-state index contributed by atoms with van der Waals surface area (Å²) < 4.78 is 5.86. The van der Waals surface area contributed by atoms with Gasteiger partial charge >= 0.3 is 21.7 Å². The van der Waals surface area contributed by atoms with E-state index in [2.05, 4.69) is 20.8 Å². The molecule has 0 heterocycles. The Morgan fingerprint density at radius 1 is 0.950 bits per heavy atom. The minimum absolute atomic E-state index is 0. The van der Waals surface area contributed by atoms with Crippen LogP contribution in [0.5, 0.6) is 5.75 Å². The second-order valence-electron chi connectivity index (χ2n) is 4.28. The molecule has 0 aliphatic heterocycles. The van der Waals surface area contributed by atoms with Gasteiger partial charge in [-0.05, 0) is 44.1 Å². The summed E-state index contributed by atoms with van der Waals surface area (Å²) in [6.45, 7) is 6.28. The summed E-state index contributed by atoms with van der Waals surface area (Å²) in [5.41, 5.74) is 3.81. The fourth-order valence-corrected chi connectivity index (χ4v) is 2.33. The van der Waals surface area contributed by atoms with Crippen molar-refractivity contribution >= 4 is 23.2 Å². The Labute approximate surface area is 157 Å². The van der Waals surface area contributed by atoms with Crippen molar-refractivity contribution in [1.29, 1.82) is 0 Å². The van der Waals surface area contributed by atoms with Gasteiger partial charge in [-0.1, -0.05) is 34.8 Å². The van der Waals surface area contributed by atoms with Crippen LogP contribution in [0.15, 0.2) is 40.7 Å². The predicted molar refractivity (Wildman–Crippen MR) is 72.8 cm³/mol. The fourth-order valence-electron chi connectivity index (χ4n) is 1.85. The molecule has 1 aromatic rings. The Morgan fingerprint density at radius 3 is 1.85 bits per heavy atom. The van der Waals surface area contributed by atoms with E-state index < -0.39 is 0 Å². The van der Waals surface area contributed by atoms with Gasteiger partial charge in [0.15, 0.2) is 5.75 Å². The van der Waals surface area contributed by atoms with Crippen molar-refractivity contribution in [2.24, 2.45) is 0 Å². The number of allylic oxidation sites excluding steroid dienone is 3. The van der Waals surface area contributed by atoms with Crippen LogP contribution in [0.3, 0.4) is 0 Å². The van der Waals surface area contributed by atoms with E-state index in [1.165, 1.54) is 16.7 Å². The third kappa shape index (κ3) is 4.69. The number of ether oxygens (including phenoxy) is 1. The van der Waals surface area contributed by atoms with Gasteiger partial charge < -0.3 is 29.6 Å². The minimum Gasteiger partial charge on any atom is -1.00 e. The van der Waals surface area contributed by atoms with Crippen molar-refractivity contribution in [2.75, 3.05) is 0 Å². The van der Waals surface area contributed by atoms with Gasteiger partial charge in [-0.15, -0.1) is 0 Å². The van der Waals surface area contributed by atoms with Crippen LogP contribution in [0, 0.1) is 0 Å². The molecule has 0 spiro atoms. The minimum atomic E-state index is 0. The SMILES string of the molecule is CC1=C(C)C(C)=C(Oc2c(Cl)cccc2Cl)C1.[Cl-].[Cl-].[Ti+2]. The third-order valence-electron chi connectivity index (χ3n) is 3.19. The molecule has 0 N–H and O–H groups in total. The molecule has 20 heavy (non-hydrogen) atoms. The molecule has 2 rings (SSSR count). The van der Waals surface area contributed by atoms with Gasteiger partial charge in [0.25, 0.3) is 0 Å². The average molecular weight is 388 g/mol. The van der Waals surface area contributed by atoms with Gasteiger partial charge in [0.05, 0.1) is 10.0 Å². The maximum Gasteiger partial charge on any atom is 2.00 e. The Bertz CT molecular complexity index is 518. The molecule has 108 valence electrons. The van der Waals surface area contributed by atoms with Crippen LogP contribution in [-0.2, 0) is 21.7 Å². The molecule has 0 unspecified atom stereocenters. The standard InChI is InChI=1S/C14H14Cl2O.2ClH.Ti/c1-8-7-13(10(3)9(8)2)17-14-11(15)5-4-6-12(14)16;;;/h4-6H,7H2,1-3H3;2*1H;/q;;;+2/p-2. The van der Waals surface area contributed by atoms with Gasteiger partial charge in [-0.2, -0.15) is 0 Å². The summed E-state index contributed by atoms with van der Waals surface area (Å²) in [5.74, 6) is 1.49. The molecule has 1 aromatic carbocycles. The van der Waals surface area contributed by atoms with E-state index in [4.69, 9.17) is 27.9 Å². The first kappa shape index (κ1) is 22.7. The number of halogens is 4. The van der Waals surface area contributed by atoms with Gasteiger partial charge in [-0.25, -0.2) is 0 Å². The summed E-state index contributed by atoms with van der Waals surface area (Å²) >= 11 is 12.2. The van der Waals surface area contributed by atoms with Crippen LogP contribution in [0.4, 0.5) is 0 Å². The number of benzene rings is 1. The maximum atomic E-state index is 6.08. The van der Waals surface area contributed by atoms with Crippen molar-refractivity contribution in [1.82, 2.24) is 0 Å². The van der Waals surface area contributed by atoms with Crippen molar-refractivity contribution in [2.45, 2.75) is 27.2 Å². The molecule has 1 aliphatic carbocycles. The smallest absolute Gasteiger partial charge is 1.00 e. The van der Waals surface area contributed by atoms with E-state index in [1.54, 1.807) is 12.1 Å². The van der Waals surface area contributed by atoms with E-state index in [0.717, 1.165) is 12.2 Å². The molecule has 0 fully saturated rings. The zero-order chi connectivity index (χ0) is 12.6. The Balaban J connectivity index is 0. The molecule has 0 aromatic heterocycles. The fraction of sp³-hybridized carbons (Fsp3) is 0.286. The Morgan fingerprint density at radius 2 is 1.45 bits per heavy atom. The largest absolute Gasteiger partial charge is 2.00 e. The molecule has 0 atom stereocenters. The number of para-hydroxylation sites is 1. The van der Waals surface area contributed by atoms with Gasteiger partial charge in [0.1, 0.15) is 5.76 Å². The molecule has 1 aliphatic rings. The summed E-state index contributed by atoms with van der Waals surface area (Å²) in [5, 5.41) is 1.08. The Hall–Kier alpha value is 0.374. The molecular formula is C14H14Cl4OTi. The zero-order valence-electron chi connectivity index (χ0n) is 11.4. The molecule has 6 heteroatoms. The molecule has 0 bridgehead atoms. The molecule has 1 nitrogen and oxygen atoms in total. The molecule has 0 amide bonds. The average Bonchev–Trinajstić information content (AvgIpc) is 2.52. The van der Waals surface area contributed by atoms with Crippen LogP contribution in [0.2, 0.25) is 10.0 Å². The van der Waals surface area contributed by atoms with Crippen molar-refractivity contribution in [3.8, 4) is 5.75 Å². The van der Waals surface area contributed by atoms with Gasteiger partial charge in [-0.3, -0.25) is 0 Å². The molecule has 0 radical (unpaired) electrons. The second-order valence-corrected chi connectivity index (χ2v) is 5.10. The first-order valence-electron chi connectivity index (χ1n) is 5.49. The Kier molecular flexibility index (Phi) is 10.7. The summed E-state index contributed by atoms with van der Waals surface area (Å²) in [4.78, 5) is 0. The van der Waals surface area contributed by atoms with Crippen LogP contribution < -0.4 is 29.6 Å². The summed E-state index contributed by atoms with van der Waals surface area (Å²) in [6, 6.07) is 5.36. The van der Waals surface area contributed by atoms with E-state index >= 15 is 0 Å². The maximum absolute atomic E-state index is 6.08. The normalized spacial score (nSPS) is 13.4. The monoisotopic (exact) mass is 386 g/mol. The summed E-state index contributed by atoms with van der Waals surface area (Å²) in [7, 11) is 0. The topological polar surface area (TPSA) is 9.23 Å². The summed E-state index contributed by atoms with van der Waals surface area (Å²) in [6.07, 6.45) is 0.833. The van der Waals surface area contributed by atoms with Gasteiger partial charge in [0.2, 0.25) is 0 Å². The van der Waals surface area contributed by atoms with Crippen molar-refractivity contribution in [3.05, 3.63) is 50.7 Å².